The molecule has 0 amide bonds. The number of hydrogen-bond acceptors (Lipinski definition) is 6. The van der Waals surface area contributed by atoms with Crippen LogP contribution >= 0.6 is 32.4 Å². The highest BCUT2D eigenvalue weighted by Gasteiger charge is 2.41. The third kappa shape index (κ3) is 5.48. The molecule has 7 nitrogen and oxygen atoms in total. The molecule has 0 bridgehead atoms. The maximum atomic E-state index is 12.3. The van der Waals surface area contributed by atoms with Crippen LogP contribution in [0.5, 0.6) is 5.75 Å². The van der Waals surface area contributed by atoms with Crippen molar-refractivity contribution in [3.05, 3.63) is 55.7 Å². The van der Waals surface area contributed by atoms with Crippen LogP contribution in [-0.4, -0.2) is 36.7 Å². The Balaban J connectivity index is 0.00000141. The number of H-pyrrole nitrogens is 1. The van der Waals surface area contributed by atoms with Crippen LogP contribution in [0.2, 0.25) is 5.02 Å². The first-order valence-corrected chi connectivity index (χ1v) is 11.8. The van der Waals surface area contributed by atoms with E-state index < -0.39 is 32.0 Å². The van der Waals surface area contributed by atoms with Gasteiger partial charge >= 0.3 is 14.3 Å². The maximum Gasteiger partial charge on any atom is 0.396 e. The Morgan fingerprint density at radius 3 is 2.88 bits per heavy atom. The van der Waals surface area contributed by atoms with Gasteiger partial charge in [0.25, 0.3) is 0 Å². The fourth-order valence-electron chi connectivity index (χ4n) is 3.17. The largest absolute Gasteiger partial charge is 0.426 e. The monoisotopic (exact) mass is 488 g/mol. The molecule has 164 valence electrons. The van der Waals surface area contributed by atoms with Gasteiger partial charge < -0.3 is 13.8 Å². The van der Waals surface area contributed by atoms with Crippen LogP contribution in [-0.2, 0) is 20.4 Å². The normalized spacial score (nSPS) is 22.1. The van der Waals surface area contributed by atoms with E-state index in [4.69, 9.17) is 64.2 Å². The lowest BCUT2D eigenvalue weighted by Crippen LogP contribution is -2.45. The van der Waals surface area contributed by atoms with Gasteiger partial charge in [0.1, 0.15) is 32.3 Å². The van der Waals surface area contributed by atoms with E-state index in [9.17, 15) is 4.79 Å². The van der Waals surface area contributed by atoms with E-state index in [1.807, 2.05) is 13.8 Å². The predicted molar refractivity (Wildman–Crippen MR) is 127 cm³/mol. The fourth-order valence-corrected chi connectivity index (χ4v) is 4.67. The van der Waals surface area contributed by atoms with Gasteiger partial charge in [-0.15, -0.1) is 6.42 Å². The molecule has 2 aliphatic heterocycles. The summed E-state index contributed by atoms with van der Waals surface area (Å²) in [6, 6.07) is 5.18. The lowest BCUT2D eigenvalue weighted by Gasteiger charge is -2.36. The van der Waals surface area contributed by atoms with E-state index in [-0.39, 0.29) is 11.2 Å². The highest BCUT2D eigenvalue weighted by Crippen LogP contribution is 2.50. The zero-order chi connectivity index (χ0) is 23.5. The minimum absolute atomic E-state index is 0.194. The zero-order valence-corrected chi connectivity index (χ0v) is 20.0. The number of fused-ring (bicyclic) bond motifs is 1. The number of aromatic amines is 1. The Morgan fingerprint density at radius 1 is 1.41 bits per heavy atom. The Morgan fingerprint density at radius 2 is 2.16 bits per heavy atom. The van der Waals surface area contributed by atoms with Gasteiger partial charge in [-0.25, -0.2) is 4.79 Å². The second-order valence-corrected chi connectivity index (χ2v) is 8.71. The average molecular weight is 489 g/mol. The molecule has 1 aromatic heterocycles. The van der Waals surface area contributed by atoms with Gasteiger partial charge in [-0.1, -0.05) is 43.6 Å². The molecule has 4 radical (unpaired) electrons. The first-order valence-electron chi connectivity index (χ1n) is 9.90. The topological polar surface area (TPSA) is 74.7 Å². The summed E-state index contributed by atoms with van der Waals surface area (Å²) in [5.74, 6) is 3.02. The zero-order valence-electron chi connectivity index (χ0n) is 17.5. The number of ether oxygens (including phenoxy) is 1. The van der Waals surface area contributed by atoms with Gasteiger partial charge in [0, 0.05) is 22.2 Å². The molecule has 3 heterocycles. The Hall–Kier alpha value is -1.59. The van der Waals surface area contributed by atoms with Gasteiger partial charge in [-0.05, 0) is 31.0 Å². The van der Waals surface area contributed by atoms with E-state index in [0.717, 1.165) is 5.56 Å². The van der Waals surface area contributed by atoms with Crippen molar-refractivity contribution in [1.29, 1.82) is 0 Å². The molecule has 12 heteroatoms. The van der Waals surface area contributed by atoms with E-state index in [2.05, 4.69) is 10.9 Å². The second kappa shape index (κ2) is 10.6. The molecule has 4 rings (SSSR count). The van der Waals surface area contributed by atoms with Crippen LogP contribution in [0.4, 0.5) is 0 Å². The summed E-state index contributed by atoms with van der Waals surface area (Å²) < 4.78 is 24.4. The van der Waals surface area contributed by atoms with Crippen LogP contribution in [0.1, 0.15) is 44.0 Å². The van der Waals surface area contributed by atoms with Crippen LogP contribution in [0, 0.1) is 17.0 Å². The number of terminal acetylenes is 1. The summed E-state index contributed by atoms with van der Waals surface area (Å²) in [5, 5.41) is -1.13. The number of halogens is 1. The standard InChI is InChI=1S/C18H14B2ClN2O5PS.C2H6/c1-2-10-8-23(17(24)22-16(10)30)15-6-5-14(26-15)18(19,20)28-29-25-9-11-7-12(21)3-4-13(11)27-29;1-2/h1,3-4,7-8,14-15H,5-6,9H2,(H,22,24,30);1-2H3. The molecule has 3 atom stereocenters. The van der Waals surface area contributed by atoms with Crippen molar-refractivity contribution < 1.29 is 18.3 Å². The molecular weight excluding hydrogens is 468 g/mol. The fraction of sp³-hybridized carbons (Fsp3) is 0.400. The molecule has 2 aliphatic rings. The third-order valence-corrected chi connectivity index (χ3v) is 6.40. The number of benzene rings is 1. The summed E-state index contributed by atoms with van der Waals surface area (Å²) in [7, 11) is 10.5. The van der Waals surface area contributed by atoms with Crippen LogP contribution in [0.25, 0.3) is 0 Å². The molecule has 0 saturated carbocycles. The lowest BCUT2D eigenvalue weighted by molar-refractivity contribution is -0.0469. The van der Waals surface area contributed by atoms with E-state index in [1.165, 1.54) is 10.8 Å². The van der Waals surface area contributed by atoms with Crippen molar-refractivity contribution in [2.24, 2.45) is 0 Å². The number of aromatic nitrogens is 2. The van der Waals surface area contributed by atoms with Gasteiger partial charge in [-0.2, -0.15) is 0 Å². The Bertz CT molecular complexity index is 1140. The lowest BCUT2D eigenvalue weighted by atomic mass is 9.61. The second-order valence-electron chi connectivity index (χ2n) is 6.80. The van der Waals surface area contributed by atoms with Crippen LogP contribution in [0.15, 0.2) is 29.2 Å². The van der Waals surface area contributed by atoms with Crippen molar-refractivity contribution in [2.75, 3.05) is 0 Å². The van der Waals surface area contributed by atoms with Crippen molar-refractivity contribution >= 4 is 48.1 Å². The first-order chi connectivity index (χ1) is 15.3. The number of nitrogens with zero attached hydrogens (tertiary/aromatic N) is 1. The number of nitrogens with one attached hydrogen (secondary N) is 1. The van der Waals surface area contributed by atoms with E-state index in [0.29, 0.717) is 29.2 Å². The van der Waals surface area contributed by atoms with Crippen molar-refractivity contribution in [3.8, 4) is 18.1 Å². The molecular formula is C20H20B2ClN2O5PS. The highest BCUT2D eigenvalue weighted by molar-refractivity contribution is 7.71. The average Bonchev–Trinajstić information content (AvgIpc) is 3.26. The Labute approximate surface area is 200 Å². The SMILES string of the molecule is CC.[B]C([B])(OP1OCc2cc(Cl)ccc2O1)C1CCC(n2cc(C#C)c(=S)[nH]c2=O)O1. The molecule has 1 aromatic carbocycles. The minimum atomic E-state index is -1.85. The van der Waals surface area contributed by atoms with Gasteiger partial charge in [0.05, 0.1) is 18.3 Å². The van der Waals surface area contributed by atoms with Crippen molar-refractivity contribution in [1.82, 2.24) is 9.55 Å². The molecule has 1 saturated heterocycles. The van der Waals surface area contributed by atoms with Gasteiger partial charge in [0.15, 0.2) is 0 Å². The van der Waals surface area contributed by atoms with Crippen molar-refractivity contribution in [3.63, 3.8) is 0 Å². The first kappa shape index (κ1) is 25.0. The predicted octanol–water partition coefficient (Wildman–Crippen LogP) is 4.09. The van der Waals surface area contributed by atoms with Gasteiger partial charge in [0.2, 0.25) is 0 Å². The van der Waals surface area contributed by atoms with Crippen LogP contribution in [0.3, 0.4) is 0 Å². The maximum absolute atomic E-state index is 12.3. The molecule has 3 unspecified atom stereocenters. The Kier molecular flexibility index (Phi) is 8.26. The summed E-state index contributed by atoms with van der Waals surface area (Å²) in [6.07, 6.45) is 6.48. The molecule has 0 spiro atoms. The summed E-state index contributed by atoms with van der Waals surface area (Å²) in [4.78, 5) is 14.8. The van der Waals surface area contributed by atoms with E-state index in [1.54, 1.807) is 18.2 Å². The third-order valence-electron chi connectivity index (χ3n) is 4.69. The molecule has 1 N–H and O–H groups in total. The van der Waals surface area contributed by atoms with Gasteiger partial charge in [-0.3, -0.25) is 14.1 Å². The minimum Gasteiger partial charge on any atom is -0.426 e. The van der Waals surface area contributed by atoms with Crippen molar-refractivity contribution in [2.45, 2.75) is 51.0 Å². The number of hydrogen-bond donors (Lipinski definition) is 1. The quantitative estimate of drug-likeness (QED) is 0.303. The summed E-state index contributed by atoms with van der Waals surface area (Å²) in [5.41, 5.74) is 0.737. The molecule has 1 fully saturated rings. The molecule has 0 aliphatic carbocycles. The highest BCUT2D eigenvalue weighted by atomic mass is 35.5. The molecule has 2 aromatic rings. The summed E-state index contributed by atoms with van der Waals surface area (Å²) >= 11 is 11.0. The van der Waals surface area contributed by atoms with E-state index >= 15 is 0 Å². The number of rotatable bonds is 4. The molecule has 32 heavy (non-hydrogen) atoms. The van der Waals surface area contributed by atoms with Crippen LogP contribution < -0.4 is 10.2 Å². The summed E-state index contributed by atoms with van der Waals surface area (Å²) in [6.45, 7) is 4.25. The smallest absolute Gasteiger partial charge is 0.396 e.